The molecule has 0 spiro atoms. The highest BCUT2D eigenvalue weighted by Gasteiger charge is 2.22. The average molecular weight is 198 g/mol. The summed E-state index contributed by atoms with van der Waals surface area (Å²) in [6.45, 7) is 0. The first-order chi connectivity index (χ1) is 6.93. The molecule has 0 aromatic heterocycles. The Kier molecular flexibility index (Phi) is 1.69. The van der Waals surface area contributed by atoms with E-state index in [4.69, 9.17) is 0 Å². The maximum atomic E-state index is 3.39. The quantitative estimate of drug-likeness (QED) is 0.642. The molecule has 1 aromatic carbocycles. The van der Waals surface area contributed by atoms with Crippen LogP contribution in [-0.2, 0) is 0 Å². The second-order valence-electron chi connectivity index (χ2n) is 3.15. The number of allylic oxidation sites excluding steroid dienone is 4. The number of hydrogen-bond acceptors (Lipinski definition) is 2. The van der Waals surface area contributed by atoms with Crippen LogP contribution in [0.4, 0.5) is 5.69 Å². The maximum absolute atomic E-state index is 3.39. The van der Waals surface area contributed by atoms with E-state index in [0.717, 1.165) is 5.70 Å². The number of thioether (sulfide) groups is 1. The van der Waals surface area contributed by atoms with Crippen molar-refractivity contribution in [1.29, 1.82) is 0 Å². The van der Waals surface area contributed by atoms with Crippen molar-refractivity contribution in [2.24, 2.45) is 0 Å². The molecule has 0 fully saturated rings. The first-order valence-corrected chi connectivity index (χ1v) is 5.29. The summed E-state index contributed by atoms with van der Waals surface area (Å²) < 4.78 is 0. The Morgan fingerprint density at radius 2 is 2.14 bits per heavy atom. The molecule has 66 valence electrons. The molecular weight excluding hydrogens is 190 g/mol. The third-order valence-corrected chi connectivity index (χ3v) is 3.35. The highest BCUT2D eigenvalue weighted by atomic mass is 32.2. The zero-order valence-corrected chi connectivity index (χ0v) is 8.27. The Morgan fingerprint density at radius 1 is 1.21 bits per heavy atom. The lowest BCUT2D eigenvalue weighted by atomic mass is 10.2. The van der Waals surface area contributed by atoms with Crippen molar-refractivity contribution in [3.05, 3.63) is 59.2 Å². The van der Waals surface area contributed by atoms with Gasteiger partial charge in [0, 0.05) is 11.0 Å². The van der Waals surface area contributed by atoms with Gasteiger partial charge in [-0.15, -0.1) is 0 Å². The van der Waals surface area contributed by atoms with Crippen LogP contribution in [0.5, 0.6) is 0 Å². The average Bonchev–Trinajstić information content (AvgIpc) is 2.26. The zero-order valence-electron chi connectivity index (χ0n) is 7.45. The molecule has 1 nitrogen and oxygen atoms in total. The highest BCUT2D eigenvalue weighted by molar-refractivity contribution is 8.03. The molecule has 1 heterocycles. The van der Waals surface area contributed by atoms with Gasteiger partial charge < -0.3 is 0 Å². The minimum Gasteiger partial charge on any atom is -0.300 e. The summed E-state index contributed by atoms with van der Waals surface area (Å²) >= 11 is 1.80. The molecule has 0 atom stereocenters. The lowest BCUT2D eigenvalue weighted by Gasteiger charge is -2.15. The third-order valence-electron chi connectivity index (χ3n) is 2.20. The predicted molar refractivity (Wildman–Crippen MR) is 59.9 cm³/mol. The van der Waals surface area contributed by atoms with Crippen molar-refractivity contribution in [2.45, 2.75) is 4.90 Å². The summed E-state index contributed by atoms with van der Waals surface area (Å²) in [5.74, 6) is 0. The lowest BCUT2D eigenvalue weighted by molar-refractivity contribution is 1.33. The van der Waals surface area contributed by atoms with Crippen molar-refractivity contribution in [3.8, 4) is 0 Å². The van der Waals surface area contributed by atoms with Gasteiger partial charge in [-0.2, -0.15) is 0 Å². The van der Waals surface area contributed by atoms with Gasteiger partial charge in [-0.25, -0.2) is 0 Å². The topological polar surface area (TPSA) is 12.0 Å². The zero-order chi connectivity index (χ0) is 9.38. The summed E-state index contributed by atoms with van der Waals surface area (Å²) in [6.07, 6.45) is 9.09. The third kappa shape index (κ3) is 1.17. The van der Waals surface area contributed by atoms with E-state index in [0.29, 0.717) is 0 Å². The first-order valence-electron chi connectivity index (χ1n) is 4.47. The molecule has 0 radical (unpaired) electrons. The fourth-order valence-electron chi connectivity index (χ4n) is 1.53. The molecular formula is C12H8NS+. The van der Waals surface area contributed by atoms with E-state index in [9.17, 15) is 0 Å². The SMILES string of the molecule is [C+]1=CC2=C(C=C1)Sc1ccccc1N2. The van der Waals surface area contributed by atoms with Crippen LogP contribution in [-0.4, -0.2) is 0 Å². The summed E-state index contributed by atoms with van der Waals surface area (Å²) in [5, 5.41) is 3.39. The maximum Gasteiger partial charge on any atom is 0.165 e. The van der Waals surface area contributed by atoms with E-state index in [1.165, 1.54) is 15.5 Å². The van der Waals surface area contributed by atoms with Crippen LogP contribution < -0.4 is 5.32 Å². The van der Waals surface area contributed by atoms with Gasteiger partial charge in [-0.05, 0) is 12.1 Å². The second kappa shape index (κ2) is 3.02. The van der Waals surface area contributed by atoms with Crippen molar-refractivity contribution in [3.63, 3.8) is 0 Å². The Hall–Kier alpha value is -1.50. The van der Waals surface area contributed by atoms with Crippen LogP contribution in [0.25, 0.3) is 0 Å². The highest BCUT2D eigenvalue weighted by Crippen LogP contribution is 2.40. The second-order valence-corrected chi connectivity index (χ2v) is 4.23. The summed E-state index contributed by atoms with van der Waals surface area (Å²) in [7, 11) is 0. The number of para-hydroxylation sites is 1. The van der Waals surface area contributed by atoms with Crippen molar-refractivity contribution < 1.29 is 0 Å². The number of rotatable bonds is 0. The van der Waals surface area contributed by atoms with Gasteiger partial charge in [-0.1, -0.05) is 23.9 Å². The Bertz CT molecular complexity index is 426. The fraction of sp³-hybridized carbons (Fsp3) is 0. The molecule has 1 aromatic rings. The van der Waals surface area contributed by atoms with Gasteiger partial charge in [0.05, 0.1) is 11.8 Å². The van der Waals surface area contributed by atoms with Gasteiger partial charge in [-0.3, -0.25) is 5.32 Å². The van der Waals surface area contributed by atoms with Crippen LogP contribution in [0.3, 0.4) is 0 Å². The van der Waals surface area contributed by atoms with E-state index in [-0.39, 0.29) is 0 Å². The van der Waals surface area contributed by atoms with Crippen molar-refractivity contribution in [1.82, 2.24) is 0 Å². The molecule has 14 heavy (non-hydrogen) atoms. The van der Waals surface area contributed by atoms with Crippen LogP contribution in [0.15, 0.2) is 58.0 Å². The number of anilines is 1. The van der Waals surface area contributed by atoms with E-state index >= 15 is 0 Å². The smallest absolute Gasteiger partial charge is 0.165 e. The summed E-state index contributed by atoms with van der Waals surface area (Å²) in [5.41, 5.74) is 2.33. The van der Waals surface area contributed by atoms with Crippen LogP contribution in [0, 0.1) is 6.08 Å². The predicted octanol–water partition coefficient (Wildman–Crippen LogP) is 3.34. The molecule has 2 aliphatic rings. The molecule has 0 unspecified atom stereocenters. The molecule has 1 aliphatic heterocycles. The largest absolute Gasteiger partial charge is 0.300 e. The Morgan fingerprint density at radius 3 is 3.14 bits per heavy atom. The molecule has 2 heteroatoms. The van der Waals surface area contributed by atoms with Gasteiger partial charge in [0.1, 0.15) is 17.1 Å². The van der Waals surface area contributed by atoms with Gasteiger partial charge in [0.2, 0.25) is 0 Å². The summed E-state index contributed by atoms with van der Waals surface area (Å²) in [4.78, 5) is 2.55. The molecule has 1 N–H and O–H groups in total. The van der Waals surface area contributed by atoms with Crippen molar-refractivity contribution >= 4 is 17.4 Å². The van der Waals surface area contributed by atoms with Crippen molar-refractivity contribution in [2.75, 3.05) is 5.32 Å². The Labute approximate surface area is 87.2 Å². The van der Waals surface area contributed by atoms with E-state index in [1.807, 2.05) is 18.2 Å². The molecule has 0 saturated carbocycles. The van der Waals surface area contributed by atoms with Crippen LogP contribution in [0.2, 0.25) is 0 Å². The molecule has 0 bridgehead atoms. The van der Waals surface area contributed by atoms with Crippen LogP contribution >= 0.6 is 11.8 Å². The van der Waals surface area contributed by atoms with Gasteiger partial charge in [0.25, 0.3) is 0 Å². The minimum absolute atomic E-state index is 1.15. The Balaban J connectivity index is 2.08. The van der Waals surface area contributed by atoms with E-state index in [1.54, 1.807) is 11.8 Å². The number of nitrogens with one attached hydrogen (secondary N) is 1. The minimum atomic E-state index is 1.15. The lowest BCUT2D eigenvalue weighted by Crippen LogP contribution is -2.06. The molecule has 0 saturated heterocycles. The monoisotopic (exact) mass is 198 g/mol. The standard InChI is InChI=1S/C12H8NS/c1-3-7-11-9(5-1)13-10-6-2-4-8-12(10)14-11/h1,3-8,13H/q+1. The van der Waals surface area contributed by atoms with Crippen LogP contribution in [0.1, 0.15) is 0 Å². The van der Waals surface area contributed by atoms with Gasteiger partial charge in [0.15, 0.2) is 5.70 Å². The van der Waals surface area contributed by atoms with Gasteiger partial charge >= 0.3 is 0 Å². The molecule has 1 aliphatic carbocycles. The summed E-state index contributed by atoms with van der Waals surface area (Å²) in [6, 6.07) is 8.34. The fourth-order valence-corrected chi connectivity index (χ4v) is 2.49. The van der Waals surface area contributed by atoms with E-state index in [2.05, 4.69) is 35.7 Å². The molecule has 3 rings (SSSR count). The number of fused-ring (bicyclic) bond motifs is 1. The number of hydrogen-bond donors (Lipinski definition) is 1. The van der Waals surface area contributed by atoms with E-state index < -0.39 is 0 Å². The normalized spacial score (nSPS) is 16.9. The first kappa shape index (κ1) is 7.86. The number of benzene rings is 1. The molecule has 0 amide bonds.